The number of carbonyl (C=O) groups excluding carboxylic acids is 1. The third kappa shape index (κ3) is 2.96. The number of carbonyl (C=O) groups is 1. The number of rotatable bonds is 3. The third-order valence-electron chi connectivity index (χ3n) is 3.23. The van der Waals surface area contributed by atoms with Crippen LogP contribution in [-0.2, 0) is 16.0 Å². The van der Waals surface area contributed by atoms with Crippen LogP contribution in [0.1, 0.15) is 29.5 Å². The summed E-state index contributed by atoms with van der Waals surface area (Å²) in [6.07, 6.45) is 3.91. The number of aryl methyl sites for hydroxylation is 2. The normalized spacial score (nSPS) is 15.1. The van der Waals surface area contributed by atoms with E-state index < -0.39 is 0 Å². The first kappa shape index (κ1) is 11.9. The highest BCUT2D eigenvalue weighted by molar-refractivity contribution is 5.96. The van der Waals surface area contributed by atoms with Gasteiger partial charge in [-0.05, 0) is 43.4 Å². The lowest BCUT2D eigenvalue weighted by atomic mass is 9.97. The average molecular weight is 230 g/mol. The Labute approximate surface area is 102 Å². The zero-order chi connectivity index (χ0) is 12.3. The highest BCUT2D eigenvalue weighted by Crippen LogP contribution is 2.16. The van der Waals surface area contributed by atoms with Crippen molar-refractivity contribution in [3.8, 4) is 0 Å². The van der Waals surface area contributed by atoms with Crippen molar-refractivity contribution < 1.29 is 9.53 Å². The van der Waals surface area contributed by atoms with E-state index in [0.29, 0.717) is 6.42 Å². The first-order chi connectivity index (χ1) is 8.16. The van der Waals surface area contributed by atoms with Gasteiger partial charge in [0.2, 0.25) is 0 Å². The molecule has 0 N–H and O–H groups in total. The lowest BCUT2D eigenvalue weighted by Crippen LogP contribution is -2.11. The van der Waals surface area contributed by atoms with Crippen molar-refractivity contribution in [2.45, 2.75) is 33.1 Å². The van der Waals surface area contributed by atoms with E-state index in [1.54, 1.807) is 6.26 Å². The van der Waals surface area contributed by atoms with Gasteiger partial charge in [-0.3, -0.25) is 4.79 Å². The van der Waals surface area contributed by atoms with Crippen LogP contribution < -0.4 is 0 Å². The van der Waals surface area contributed by atoms with Crippen LogP contribution in [0.4, 0.5) is 0 Å². The molecular formula is C15H18O2. The zero-order valence-corrected chi connectivity index (χ0v) is 10.5. The minimum Gasteiger partial charge on any atom is -0.501 e. The summed E-state index contributed by atoms with van der Waals surface area (Å²) in [7, 11) is 0. The Bertz CT molecular complexity index is 458. The maximum absolute atomic E-state index is 12.0. The Morgan fingerprint density at radius 3 is 2.76 bits per heavy atom. The molecule has 0 saturated carbocycles. The predicted molar refractivity (Wildman–Crippen MR) is 67.9 cm³/mol. The summed E-state index contributed by atoms with van der Waals surface area (Å²) in [5.74, 6) is 0.188. The van der Waals surface area contributed by atoms with Crippen molar-refractivity contribution in [3.63, 3.8) is 0 Å². The summed E-state index contributed by atoms with van der Waals surface area (Å²) in [5, 5.41) is 0. The van der Waals surface area contributed by atoms with Crippen LogP contribution in [0.3, 0.4) is 0 Å². The second-order valence-corrected chi connectivity index (χ2v) is 4.64. The summed E-state index contributed by atoms with van der Waals surface area (Å²) in [4.78, 5) is 12.0. The number of hydrogen-bond acceptors (Lipinski definition) is 2. The van der Waals surface area contributed by atoms with Gasteiger partial charge in [0.25, 0.3) is 0 Å². The fourth-order valence-electron chi connectivity index (χ4n) is 1.98. The van der Waals surface area contributed by atoms with Crippen LogP contribution in [-0.4, -0.2) is 12.4 Å². The second kappa shape index (κ2) is 5.17. The van der Waals surface area contributed by atoms with E-state index in [1.165, 1.54) is 11.1 Å². The minimum atomic E-state index is 0.188. The summed E-state index contributed by atoms with van der Waals surface area (Å²) >= 11 is 0. The summed E-state index contributed by atoms with van der Waals surface area (Å²) in [5.41, 5.74) is 4.42. The molecule has 0 spiro atoms. The van der Waals surface area contributed by atoms with E-state index in [4.69, 9.17) is 4.74 Å². The molecule has 1 aromatic rings. The number of allylic oxidation sites excluding steroid dienone is 1. The van der Waals surface area contributed by atoms with Crippen LogP contribution in [0, 0.1) is 13.8 Å². The van der Waals surface area contributed by atoms with Crippen LogP contribution >= 0.6 is 0 Å². The third-order valence-corrected chi connectivity index (χ3v) is 3.23. The van der Waals surface area contributed by atoms with E-state index in [2.05, 4.69) is 26.0 Å². The average Bonchev–Trinajstić information content (AvgIpc) is 2.35. The number of ether oxygens (including phenoxy) is 1. The lowest BCUT2D eigenvalue weighted by molar-refractivity contribution is -0.115. The standard InChI is InChI=1S/C15H18O2/c1-11-5-6-13(8-12(11)2)9-15(16)14-4-3-7-17-10-14/h5-6,8,10H,3-4,7,9H2,1-2H3. The molecule has 1 heterocycles. The molecule has 0 amide bonds. The summed E-state index contributed by atoms with van der Waals surface area (Å²) in [6.45, 7) is 4.89. The van der Waals surface area contributed by atoms with Gasteiger partial charge in [0.1, 0.15) is 0 Å². The topological polar surface area (TPSA) is 26.3 Å². The van der Waals surface area contributed by atoms with Gasteiger partial charge in [-0.15, -0.1) is 0 Å². The van der Waals surface area contributed by atoms with Crippen molar-refractivity contribution in [2.75, 3.05) is 6.61 Å². The van der Waals surface area contributed by atoms with Gasteiger partial charge in [-0.2, -0.15) is 0 Å². The highest BCUT2D eigenvalue weighted by atomic mass is 16.5. The van der Waals surface area contributed by atoms with E-state index in [0.717, 1.165) is 30.6 Å². The van der Waals surface area contributed by atoms with Crippen molar-refractivity contribution in [2.24, 2.45) is 0 Å². The molecule has 0 unspecified atom stereocenters. The Morgan fingerprint density at radius 1 is 1.29 bits per heavy atom. The van der Waals surface area contributed by atoms with E-state index in [9.17, 15) is 4.79 Å². The quantitative estimate of drug-likeness (QED) is 0.797. The maximum atomic E-state index is 12.0. The van der Waals surface area contributed by atoms with Gasteiger partial charge in [0, 0.05) is 12.0 Å². The predicted octanol–water partition coefficient (Wildman–Crippen LogP) is 3.11. The largest absolute Gasteiger partial charge is 0.501 e. The molecule has 0 aromatic heterocycles. The minimum absolute atomic E-state index is 0.188. The SMILES string of the molecule is Cc1ccc(CC(=O)C2=COCCC2)cc1C. The Hall–Kier alpha value is -1.57. The fourth-order valence-corrected chi connectivity index (χ4v) is 1.98. The molecule has 0 atom stereocenters. The first-order valence-electron chi connectivity index (χ1n) is 6.07. The van der Waals surface area contributed by atoms with Crippen LogP contribution in [0.25, 0.3) is 0 Å². The summed E-state index contributed by atoms with van der Waals surface area (Å²) < 4.78 is 5.20. The molecule has 2 nitrogen and oxygen atoms in total. The van der Waals surface area contributed by atoms with Gasteiger partial charge >= 0.3 is 0 Å². The molecule has 0 radical (unpaired) electrons. The van der Waals surface area contributed by atoms with Gasteiger partial charge in [-0.1, -0.05) is 18.2 Å². The van der Waals surface area contributed by atoms with E-state index >= 15 is 0 Å². The van der Waals surface area contributed by atoms with Gasteiger partial charge in [-0.25, -0.2) is 0 Å². The van der Waals surface area contributed by atoms with Crippen LogP contribution in [0.5, 0.6) is 0 Å². The summed E-state index contributed by atoms with van der Waals surface area (Å²) in [6, 6.07) is 6.20. The number of benzene rings is 1. The van der Waals surface area contributed by atoms with Crippen LogP contribution in [0.15, 0.2) is 30.0 Å². The smallest absolute Gasteiger partial charge is 0.166 e. The molecular weight excluding hydrogens is 212 g/mol. The molecule has 1 aliphatic rings. The molecule has 0 aliphatic carbocycles. The van der Waals surface area contributed by atoms with Gasteiger partial charge in [0.15, 0.2) is 5.78 Å². The molecule has 90 valence electrons. The maximum Gasteiger partial charge on any atom is 0.166 e. The monoisotopic (exact) mass is 230 g/mol. The molecule has 2 rings (SSSR count). The van der Waals surface area contributed by atoms with Crippen molar-refractivity contribution in [3.05, 3.63) is 46.7 Å². The Morgan fingerprint density at radius 2 is 2.12 bits per heavy atom. The lowest BCUT2D eigenvalue weighted by Gasteiger charge is -2.13. The van der Waals surface area contributed by atoms with E-state index in [-0.39, 0.29) is 5.78 Å². The molecule has 17 heavy (non-hydrogen) atoms. The second-order valence-electron chi connectivity index (χ2n) is 4.64. The Balaban J connectivity index is 2.07. The fraction of sp³-hybridized carbons (Fsp3) is 0.400. The van der Waals surface area contributed by atoms with Crippen LogP contribution in [0.2, 0.25) is 0 Å². The number of ketones is 1. The highest BCUT2D eigenvalue weighted by Gasteiger charge is 2.13. The molecule has 2 heteroatoms. The Kier molecular flexibility index (Phi) is 3.62. The van der Waals surface area contributed by atoms with Gasteiger partial charge in [0.05, 0.1) is 12.9 Å². The van der Waals surface area contributed by atoms with E-state index in [1.807, 2.05) is 6.07 Å². The molecule has 0 fully saturated rings. The molecule has 0 saturated heterocycles. The zero-order valence-electron chi connectivity index (χ0n) is 10.5. The van der Waals surface area contributed by atoms with Crippen molar-refractivity contribution >= 4 is 5.78 Å². The van der Waals surface area contributed by atoms with Crippen molar-refractivity contribution in [1.82, 2.24) is 0 Å². The molecule has 1 aromatic carbocycles. The molecule has 1 aliphatic heterocycles. The number of hydrogen-bond donors (Lipinski definition) is 0. The first-order valence-corrected chi connectivity index (χ1v) is 6.07. The van der Waals surface area contributed by atoms with Gasteiger partial charge < -0.3 is 4.74 Å². The van der Waals surface area contributed by atoms with Crippen molar-refractivity contribution in [1.29, 1.82) is 0 Å². The number of Topliss-reactive ketones (excluding diaryl/α,β-unsaturated/α-hetero) is 1. The molecule has 0 bridgehead atoms.